The van der Waals surface area contributed by atoms with Crippen LogP contribution in [0.5, 0.6) is 0 Å². The predicted molar refractivity (Wildman–Crippen MR) is 131 cm³/mol. The van der Waals surface area contributed by atoms with Gasteiger partial charge in [0.25, 0.3) is 5.91 Å². The molecule has 0 aromatic heterocycles. The summed E-state index contributed by atoms with van der Waals surface area (Å²) in [6.07, 6.45) is 14.9. The van der Waals surface area contributed by atoms with Gasteiger partial charge >= 0.3 is 0 Å². The standard InChI is InChI=1S/C27H39N3O2/c1-3-24(4-2)32-26-15-8-5-7-14-25(26)29-17-16-28-21-22-12-11-13-23(20-22)27(31)30-18-9-6-10-19-30/h5,7-8,11-14,20,24,28-29H,3-4,6,9-10,15-19,21H2,1-2H3. The Morgan fingerprint density at radius 2 is 1.91 bits per heavy atom. The molecule has 2 N–H and O–H groups in total. The molecule has 0 spiro atoms. The topological polar surface area (TPSA) is 53.6 Å². The lowest BCUT2D eigenvalue weighted by Gasteiger charge is -2.26. The zero-order valence-electron chi connectivity index (χ0n) is 19.7. The SMILES string of the molecule is CCC(CC)OC1=C(NCCNCc2cccc(C(=O)N3CCCCC3)c2)C=CC=CC1. The first-order chi connectivity index (χ1) is 15.7. The third kappa shape index (κ3) is 7.27. The van der Waals surface area contributed by atoms with Crippen molar-refractivity contribution >= 4 is 5.91 Å². The van der Waals surface area contributed by atoms with E-state index < -0.39 is 0 Å². The minimum atomic E-state index is 0.166. The summed E-state index contributed by atoms with van der Waals surface area (Å²) >= 11 is 0. The number of carbonyl (C=O) groups is 1. The van der Waals surface area contributed by atoms with E-state index in [1.165, 1.54) is 6.42 Å². The van der Waals surface area contributed by atoms with Gasteiger partial charge in [0.1, 0.15) is 5.76 Å². The number of amides is 1. The van der Waals surface area contributed by atoms with Crippen LogP contribution in [-0.4, -0.2) is 43.1 Å². The van der Waals surface area contributed by atoms with Gasteiger partial charge in [-0.3, -0.25) is 4.79 Å². The van der Waals surface area contributed by atoms with Gasteiger partial charge in [-0.05, 0) is 55.9 Å². The Balaban J connectivity index is 1.47. The Hall–Kier alpha value is -2.53. The average Bonchev–Trinajstić information content (AvgIpc) is 3.07. The number of hydrogen-bond donors (Lipinski definition) is 2. The van der Waals surface area contributed by atoms with Crippen molar-refractivity contribution in [2.24, 2.45) is 0 Å². The molecule has 0 bridgehead atoms. The van der Waals surface area contributed by atoms with Crippen molar-refractivity contribution in [2.45, 2.75) is 65.0 Å². The molecule has 1 aromatic rings. The Morgan fingerprint density at radius 1 is 1.09 bits per heavy atom. The fraction of sp³-hybridized carbons (Fsp3) is 0.519. The molecule has 1 aliphatic carbocycles. The molecule has 174 valence electrons. The highest BCUT2D eigenvalue weighted by atomic mass is 16.5. The molecular formula is C27H39N3O2. The van der Waals surface area contributed by atoms with Crippen LogP contribution in [0.3, 0.4) is 0 Å². The number of benzene rings is 1. The fourth-order valence-corrected chi connectivity index (χ4v) is 4.15. The number of hydrogen-bond acceptors (Lipinski definition) is 4. The first kappa shape index (κ1) is 24.1. The van der Waals surface area contributed by atoms with Crippen LogP contribution in [0.4, 0.5) is 0 Å². The van der Waals surface area contributed by atoms with E-state index in [9.17, 15) is 4.79 Å². The highest BCUT2D eigenvalue weighted by Crippen LogP contribution is 2.19. The van der Waals surface area contributed by atoms with Crippen LogP contribution in [0.2, 0.25) is 0 Å². The Bertz CT molecular complexity index is 818. The Kier molecular flexibility index (Phi) is 9.89. The maximum absolute atomic E-state index is 12.7. The van der Waals surface area contributed by atoms with E-state index in [1.54, 1.807) is 0 Å². The quantitative estimate of drug-likeness (QED) is 0.482. The van der Waals surface area contributed by atoms with Gasteiger partial charge in [-0.2, -0.15) is 0 Å². The second kappa shape index (κ2) is 13.1. The molecular weight excluding hydrogens is 398 g/mol. The first-order valence-electron chi connectivity index (χ1n) is 12.3. The largest absolute Gasteiger partial charge is 0.492 e. The molecule has 0 atom stereocenters. The van der Waals surface area contributed by atoms with E-state index in [2.05, 4.69) is 54.9 Å². The highest BCUT2D eigenvalue weighted by molar-refractivity contribution is 5.94. The van der Waals surface area contributed by atoms with Gasteiger partial charge in [-0.15, -0.1) is 0 Å². The van der Waals surface area contributed by atoms with Crippen LogP contribution < -0.4 is 10.6 Å². The summed E-state index contributed by atoms with van der Waals surface area (Å²) in [5.41, 5.74) is 3.01. The second-order valence-corrected chi connectivity index (χ2v) is 8.54. The van der Waals surface area contributed by atoms with Crippen LogP contribution >= 0.6 is 0 Å². The van der Waals surface area contributed by atoms with E-state index in [0.717, 1.165) is 87.4 Å². The summed E-state index contributed by atoms with van der Waals surface area (Å²) in [5.74, 6) is 1.19. The number of piperidine rings is 1. The molecule has 2 aliphatic rings. The smallest absolute Gasteiger partial charge is 0.253 e. The second-order valence-electron chi connectivity index (χ2n) is 8.54. The highest BCUT2D eigenvalue weighted by Gasteiger charge is 2.18. The van der Waals surface area contributed by atoms with Gasteiger partial charge in [0.2, 0.25) is 0 Å². The summed E-state index contributed by atoms with van der Waals surface area (Å²) in [5, 5.41) is 7.02. The predicted octanol–water partition coefficient (Wildman–Crippen LogP) is 4.92. The first-order valence-corrected chi connectivity index (χ1v) is 12.3. The molecule has 0 unspecified atom stereocenters. The van der Waals surface area contributed by atoms with Crippen molar-refractivity contribution in [1.82, 2.24) is 15.5 Å². The normalized spacial score (nSPS) is 16.4. The summed E-state index contributed by atoms with van der Waals surface area (Å²) in [6, 6.07) is 8.03. The van der Waals surface area contributed by atoms with Gasteiger partial charge in [-0.1, -0.05) is 44.2 Å². The number of nitrogens with one attached hydrogen (secondary N) is 2. The van der Waals surface area contributed by atoms with Gasteiger partial charge in [0, 0.05) is 44.7 Å². The lowest BCUT2D eigenvalue weighted by Crippen LogP contribution is -2.35. The van der Waals surface area contributed by atoms with Crippen LogP contribution in [0.1, 0.15) is 68.3 Å². The molecule has 1 aromatic carbocycles. The Morgan fingerprint density at radius 3 is 2.69 bits per heavy atom. The molecule has 1 fully saturated rings. The van der Waals surface area contributed by atoms with E-state index in [4.69, 9.17) is 4.74 Å². The summed E-state index contributed by atoms with van der Waals surface area (Å²) in [4.78, 5) is 14.7. The zero-order chi connectivity index (χ0) is 22.6. The van der Waals surface area contributed by atoms with Crippen LogP contribution in [0.25, 0.3) is 0 Å². The van der Waals surface area contributed by atoms with E-state index >= 15 is 0 Å². The monoisotopic (exact) mass is 437 g/mol. The number of likely N-dealkylation sites (tertiary alicyclic amines) is 1. The number of allylic oxidation sites excluding steroid dienone is 4. The van der Waals surface area contributed by atoms with E-state index in [0.29, 0.717) is 0 Å². The van der Waals surface area contributed by atoms with Crippen molar-refractivity contribution in [3.8, 4) is 0 Å². The third-order valence-electron chi connectivity index (χ3n) is 6.10. The van der Waals surface area contributed by atoms with Gasteiger partial charge in [0.05, 0.1) is 11.8 Å². The number of rotatable bonds is 11. The molecule has 0 radical (unpaired) electrons. The van der Waals surface area contributed by atoms with Crippen molar-refractivity contribution in [3.63, 3.8) is 0 Å². The number of carbonyl (C=O) groups excluding carboxylic acids is 1. The van der Waals surface area contributed by atoms with Crippen molar-refractivity contribution in [2.75, 3.05) is 26.2 Å². The molecule has 1 amide bonds. The van der Waals surface area contributed by atoms with Crippen molar-refractivity contribution in [1.29, 1.82) is 0 Å². The van der Waals surface area contributed by atoms with Crippen LogP contribution in [-0.2, 0) is 11.3 Å². The van der Waals surface area contributed by atoms with E-state index in [1.807, 2.05) is 23.1 Å². The molecule has 1 aliphatic heterocycles. The van der Waals surface area contributed by atoms with Crippen LogP contribution in [0, 0.1) is 0 Å². The molecule has 5 nitrogen and oxygen atoms in total. The maximum Gasteiger partial charge on any atom is 0.253 e. The lowest BCUT2D eigenvalue weighted by molar-refractivity contribution is 0.0724. The summed E-state index contributed by atoms with van der Waals surface area (Å²) < 4.78 is 6.25. The maximum atomic E-state index is 12.7. The summed E-state index contributed by atoms with van der Waals surface area (Å²) in [6.45, 7) is 8.49. The third-order valence-corrected chi connectivity index (χ3v) is 6.10. The van der Waals surface area contributed by atoms with Crippen molar-refractivity contribution < 1.29 is 9.53 Å². The fourth-order valence-electron chi connectivity index (χ4n) is 4.15. The van der Waals surface area contributed by atoms with Gasteiger partial charge in [-0.25, -0.2) is 0 Å². The molecule has 0 saturated carbocycles. The number of ether oxygens (including phenoxy) is 1. The molecule has 32 heavy (non-hydrogen) atoms. The van der Waals surface area contributed by atoms with Crippen LogP contribution in [0.15, 0.2) is 60.0 Å². The Labute approximate surface area is 193 Å². The number of nitrogens with zero attached hydrogens (tertiary/aromatic N) is 1. The summed E-state index contributed by atoms with van der Waals surface area (Å²) in [7, 11) is 0. The van der Waals surface area contributed by atoms with E-state index in [-0.39, 0.29) is 12.0 Å². The lowest BCUT2D eigenvalue weighted by atomic mass is 10.1. The van der Waals surface area contributed by atoms with Gasteiger partial charge in [0.15, 0.2) is 0 Å². The minimum Gasteiger partial charge on any atom is -0.492 e. The zero-order valence-corrected chi connectivity index (χ0v) is 19.7. The molecule has 5 heteroatoms. The molecule has 1 saturated heterocycles. The molecule has 3 rings (SSSR count). The molecule has 1 heterocycles. The minimum absolute atomic E-state index is 0.166. The van der Waals surface area contributed by atoms with Crippen molar-refractivity contribution in [3.05, 3.63) is 71.2 Å². The average molecular weight is 438 g/mol. The van der Waals surface area contributed by atoms with Gasteiger partial charge < -0.3 is 20.3 Å².